The van der Waals surface area contributed by atoms with Gasteiger partial charge >= 0.3 is 0 Å². The van der Waals surface area contributed by atoms with Crippen molar-refractivity contribution in [1.29, 1.82) is 0 Å². The van der Waals surface area contributed by atoms with Crippen molar-refractivity contribution < 1.29 is 22.3 Å². The summed E-state index contributed by atoms with van der Waals surface area (Å²) in [6.07, 6.45) is 0.846. The van der Waals surface area contributed by atoms with Crippen molar-refractivity contribution in [1.82, 2.24) is 0 Å². The summed E-state index contributed by atoms with van der Waals surface area (Å²) in [7, 11) is -2.82. The Hall–Kier alpha value is -0.880. The molecule has 0 saturated heterocycles. The quantitative estimate of drug-likeness (QED) is 0.364. The maximum absolute atomic E-state index is 12.3. The van der Waals surface area contributed by atoms with Crippen molar-refractivity contribution in [2.24, 2.45) is 0 Å². The molecule has 0 aliphatic carbocycles. The van der Waals surface area contributed by atoms with Gasteiger partial charge in [0.25, 0.3) is 0 Å². The van der Waals surface area contributed by atoms with E-state index < -0.39 is 22.0 Å². The van der Waals surface area contributed by atoms with Crippen molar-refractivity contribution in [2.45, 2.75) is 13.0 Å². The van der Waals surface area contributed by atoms with Crippen LogP contribution < -0.4 is 0 Å². The first-order valence-corrected chi connectivity index (χ1v) is 4.60. The molecule has 0 radical (unpaired) electrons. The van der Waals surface area contributed by atoms with Gasteiger partial charge in [-0.15, -0.1) is 0 Å². The highest BCUT2D eigenvalue weighted by Crippen LogP contribution is 1.93. The van der Waals surface area contributed by atoms with Crippen LogP contribution in [0.2, 0.25) is 0 Å². The van der Waals surface area contributed by atoms with Crippen molar-refractivity contribution >= 4 is 15.4 Å². The fourth-order valence-electron chi connectivity index (χ4n) is 0.508. The van der Waals surface area contributed by atoms with E-state index in [1.165, 1.54) is 6.26 Å². The minimum Gasteiger partial charge on any atom is -0.499 e. The summed E-state index contributed by atoms with van der Waals surface area (Å²) in [5.41, 5.74) is 0. The molecule has 0 rings (SSSR count). The van der Waals surface area contributed by atoms with E-state index in [0.29, 0.717) is 0 Å². The maximum Gasteiger partial charge on any atom is 0.248 e. The lowest BCUT2D eigenvalue weighted by Crippen LogP contribution is -2.18. The molecule has 76 valence electrons. The van der Waals surface area contributed by atoms with Gasteiger partial charge in [0.1, 0.15) is 13.2 Å². The van der Waals surface area contributed by atoms with Crippen LogP contribution in [0.4, 0.5) is 4.39 Å². The van der Waals surface area contributed by atoms with E-state index in [4.69, 9.17) is 9.47 Å². The third kappa shape index (κ3) is 6.30. The highest BCUT2D eigenvalue weighted by atomic mass is 32.2. The Labute approximate surface area is 77.5 Å². The van der Waals surface area contributed by atoms with Gasteiger partial charge in [-0.25, -0.2) is 0 Å². The van der Waals surface area contributed by atoms with Crippen LogP contribution in [0.15, 0.2) is 12.8 Å². The monoisotopic (exact) mass is 210 g/mol. The molecule has 0 aliphatic rings. The van der Waals surface area contributed by atoms with E-state index in [2.05, 4.69) is 6.58 Å². The number of hydrogen-bond donors (Lipinski definition) is 0. The van der Waals surface area contributed by atoms with Gasteiger partial charge in [-0.05, 0) is 6.92 Å². The SMILES string of the molecule is C=COCC(C)OCC(F)=S(=O)=O. The van der Waals surface area contributed by atoms with E-state index in [9.17, 15) is 12.8 Å². The van der Waals surface area contributed by atoms with Crippen LogP contribution in [-0.2, 0) is 19.8 Å². The Morgan fingerprint density at radius 1 is 1.69 bits per heavy atom. The topological polar surface area (TPSA) is 52.6 Å². The van der Waals surface area contributed by atoms with E-state index in [1.807, 2.05) is 0 Å². The summed E-state index contributed by atoms with van der Waals surface area (Å²) in [6, 6.07) is 0. The second-order valence-electron chi connectivity index (χ2n) is 2.21. The average molecular weight is 210 g/mol. The molecular formula is C7H11FO4S. The molecule has 1 unspecified atom stereocenters. The van der Waals surface area contributed by atoms with Crippen LogP contribution in [0.5, 0.6) is 0 Å². The molecule has 0 saturated carbocycles. The minimum atomic E-state index is -2.82. The molecular weight excluding hydrogens is 199 g/mol. The summed E-state index contributed by atoms with van der Waals surface area (Å²) in [5.74, 6) is 0. The van der Waals surface area contributed by atoms with E-state index in [0.717, 1.165) is 0 Å². The van der Waals surface area contributed by atoms with Gasteiger partial charge in [0, 0.05) is 0 Å². The second kappa shape index (κ2) is 6.62. The molecule has 0 bridgehead atoms. The number of ether oxygens (including phenoxy) is 2. The first-order valence-electron chi connectivity index (χ1n) is 3.52. The third-order valence-corrected chi connectivity index (χ3v) is 1.59. The Kier molecular flexibility index (Phi) is 6.17. The Bertz CT molecular complexity index is 275. The largest absolute Gasteiger partial charge is 0.499 e. The molecule has 6 heteroatoms. The molecule has 0 N–H and O–H groups in total. The van der Waals surface area contributed by atoms with Gasteiger partial charge in [0.15, 0.2) is 0 Å². The second-order valence-corrected chi connectivity index (χ2v) is 3.12. The Balaban J connectivity index is 3.76. The van der Waals surface area contributed by atoms with Crippen LogP contribution in [0.25, 0.3) is 0 Å². The molecule has 0 aromatic rings. The first kappa shape index (κ1) is 12.1. The summed E-state index contributed by atoms with van der Waals surface area (Å²) in [4.78, 5) is 0. The zero-order valence-electron chi connectivity index (χ0n) is 7.20. The lowest BCUT2D eigenvalue weighted by molar-refractivity contribution is 0.0387. The normalized spacial score (nSPS) is 11.8. The fraction of sp³-hybridized carbons (Fsp3) is 0.571. The molecule has 0 heterocycles. The van der Waals surface area contributed by atoms with Gasteiger partial charge in [-0.1, -0.05) is 6.58 Å². The van der Waals surface area contributed by atoms with E-state index in [1.54, 1.807) is 6.92 Å². The molecule has 0 aromatic heterocycles. The number of halogens is 1. The molecule has 0 aromatic carbocycles. The molecule has 1 atom stereocenters. The zero-order chi connectivity index (χ0) is 10.3. The van der Waals surface area contributed by atoms with Crippen molar-refractivity contribution in [2.75, 3.05) is 13.2 Å². The van der Waals surface area contributed by atoms with Crippen molar-refractivity contribution in [3.63, 3.8) is 0 Å². The lowest BCUT2D eigenvalue weighted by Gasteiger charge is -2.09. The minimum absolute atomic E-state index is 0.211. The standard InChI is InChI=1S/C7H11FO4S/c1-3-11-4-6(2)12-5-7(8)13(9)10/h3,6H,1,4-5H2,2H3. The zero-order valence-corrected chi connectivity index (χ0v) is 8.01. The van der Waals surface area contributed by atoms with Crippen LogP contribution in [0.1, 0.15) is 6.92 Å². The van der Waals surface area contributed by atoms with Crippen LogP contribution in [0.3, 0.4) is 0 Å². The predicted octanol–water partition coefficient (Wildman–Crippen LogP) is 0.530. The van der Waals surface area contributed by atoms with Crippen LogP contribution in [-0.4, -0.2) is 32.9 Å². The number of rotatable bonds is 6. The van der Waals surface area contributed by atoms with Crippen LogP contribution >= 0.6 is 0 Å². The molecule has 0 aliphatic heterocycles. The van der Waals surface area contributed by atoms with Gasteiger partial charge in [0.2, 0.25) is 15.4 Å². The highest BCUT2D eigenvalue weighted by molar-refractivity contribution is 7.72. The lowest BCUT2D eigenvalue weighted by atomic mass is 10.4. The Morgan fingerprint density at radius 2 is 2.31 bits per heavy atom. The van der Waals surface area contributed by atoms with Gasteiger partial charge in [0.05, 0.1) is 12.4 Å². The van der Waals surface area contributed by atoms with Crippen molar-refractivity contribution in [3.05, 3.63) is 12.8 Å². The van der Waals surface area contributed by atoms with Gasteiger partial charge in [-0.2, -0.15) is 12.8 Å². The third-order valence-electron chi connectivity index (χ3n) is 1.11. The fourth-order valence-corrected chi connectivity index (χ4v) is 0.672. The van der Waals surface area contributed by atoms with E-state index >= 15 is 0 Å². The summed E-state index contributed by atoms with van der Waals surface area (Å²) in [5, 5.41) is -1.22. The summed E-state index contributed by atoms with van der Waals surface area (Å²) >= 11 is 0. The molecule has 0 amide bonds. The first-order chi connectivity index (χ1) is 6.07. The van der Waals surface area contributed by atoms with Gasteiger partial charge in [-0.3, -0.25) is 0 Å². The highest BCUT2D eigenvalue weighted by Gasteiger charge is 2.05. The van der Waals surface area contributed by atoms with E-state index in [-0.39, 0.29) is 12.7 Å². The molecule has 4 nitrogen and oxygen atoms in total. The predicted molar refractivity (Wildman–Crippen MR) is 46.6 cm³/mol. The summed E-state index contributed by atoms with van der Waals surface area (Å²) < 4.78 is 41.8. The van der Waals surface area contributed by atoms with Gasteiger partial charge < -0.3 is 9.47 Å². The summed E-state index contributed by atoms with van der Waals surface area (Å²) in [6.45, 7) is 4.58. The molecule has 13 heavy (non-hydrogen) atoms. The van der Waals surface area contributed by atoms with Crippen LogP contribution in [0, 0.1) is 0 Å². The smallest absolute Gasteiger partial charge is 0.248 e. The molecule has 0 spiro atoms. The Morgan fingerprint density at radius 3 is 2.77 bits per heavy atom. The molecule has 0 fully saturated rings. The number of hydrogen-bond acceptors (Lipinski definition) is 4. The average Bonchev–Trinajstić information content (AvgIpc) is 2.10. The maximum atomic E-state index is 12.3. The van der Waals surface area contributed by atoms with Crippen molar-refractivity contribution in [3.8, 4) is 0 Å².